The normalized spacial score (nSPS) is 39.7. The van der Waals surface area contributed by atoms with Gasteiger partial charge in [-0.1, -0.05) is 51.2 Å². The van der Waals surface area contributed by atoms with Crippen LogP contribution >= 0.6 is 0 Å². The van der Waals surface area contributed by atoms with Crippen LogP contribution < -0.4 is 0 Å². The summed E-state index contributed by atoms with van der Waals surface area (Å²) in [5.74, 6) is -7.51. The van der Waals surface area contributed by atoms with E-state index in [0.29, 0.717) is 44.1 Å². The number of aliphatic hydroxyl groups excluding tert-OH is 1. The summed E-state index contributed by atoms with van der Waals surface area (Å²) in [6, 6.07) is -1.12. The lowest BCUT2D eigenvalue weighted by Crippen LogP contribution is -2.64. The van der Waals surface area contributed by atoms with E-state index in [4.69, 9.17) is 23.7 Å². The fraction of sp³-hybridized carbons (Fsp3) is 0.733. The molecule has 0 aromatic heterocycles. The van der Waals surface area contributed by atoms with Crippen molar-refractivity contribution in [3.05, 3.63) is 48.1 Å². The lowest BCUT2D eigenvalue weighted by molar-refractivity contribution is -0.302. The van der Waals surface area contributed by atoms with Crippen LogP contribution in [0.3, 0.4) is 0 Å². The zero-order chi connectivity index (χ0) is 42.2. The number of piperidine rings is 1. The van der Waals surface area contributed by atoms with Crippen LogP contribution in [0.25, 0.3) is 0 Å². The lowest BCUT2D eigenvalue weighted by atomic mass is 9.81. The Bertz CT molecular complexity index is 1520. The molecule has 1 amide bonds. The van der Waals surface area contributed by atoms with Gasteiger partial charge in [0.2, 0.25) is 5.79 Å². The summed E-state index contributed by atoms with van der Waals surface area (Å²) in [4.78, 5) is 57.9. The first-order valence-electron chi connectivity index (χ1n) is 20.9. The summed E-state index contributed by atoms with van der Waals surface area (Å²) in [6.07, 6.45) is 6.62. The van der Waals surface area contributed by atoms with Crippen molar-refractivity contribution in [1.82, 2.24) is 4.90 Å². The minimum absolute atomic E-state index is 0.0190. The van der Waals surface area contributed by atoms with Crippen LogP contribution in [0.4, 0.5) is 0 Å². The maximum Gasteiger partial charge on any atom is 0.329 e. The van der Waals surface area contributed by atoms with Gasteiger partial charge in [-0.25, -0.2) is 4.79 Å². The predicted molar refractivity (Wildman–Crippen MR) is 216 cm³/mol. The number of hydrogen-bond acceptors (Lipinski definition) is 11. The number of fused-ring (bicyclic) bond motifs is 3. The van der Waals surface area contributed by atoms with Crippen molar-refractivity contribution < 1.29 is 53.1 Å². The third-order valence-electron chi connectivity index (χ3n) is 12.9. The third-order valence-corrected chi connectivity index (χ3v) is 12.9. The van der Waals surface area contributed by atoms with Gasteiger partial charge in [-0.3, -0.25) is 14.4 Å². The van der Waals surface area contributed by atoms with E-state index in [1.54, 1.807) is 27.0 Å². The molecule has 4 rings (SSSR count). The van der Waals surface area contributed by atoms with E-state index in [1.807, 2.05) is 26.8 Å². The molecule has 3 aliphatic heterocycles. The fourth-order valence-corrected chi connectivity index (χ4v) is 9.38. The average Bonchev–Trinajstić information content (AvgIpc) is 3.18. The quantitative estimate of drug-likeness (QED) is 0.181. The molecule has 2 N–H and O–H groups in total. The minimum atomic E-state index is -2.50. The molecule has 3 fully saturated rings. The second kappa shape index (κ2) is 20.8. The van der Waals surface area contributed by atoms with Gasteiger partial charge in [0.25, 0.3) is 11.7 Å². The van der Waals surface area contributed by atoms with Crippen molar-refractivity contribution in [2.24, 2.45) is 29.6 Å². The molecule has 4 aliphatic rings. The van der Waals surface area contributed by atoms with E-state index in [0.717, 1.165) is 24.0 Å². The van der Waals surface area contributed by atoms with Crippen molar-refractivity contribution in [3.8, 4) is 0 Å². The van der Waals surface area contributed by atoms with Gasteiger partial charge in [-0.2, -0.15) is 0 Å². The average molecular weight is 800 g/mol. The van der Waals surface area contributed by atoms with E-state index in [9.17, 15) is 29.4 Å². The van der Waals surface area contributed by atoms with Crippen LogP contribution in [0.5, 0.6) is 0 Å². The Morgan fingerprint density at radius 1 is 1.00 bits per heavy atom. The number of aliphatic hydroxyl groups is 2. The van der Waals surface area contributed by atoms with E-state index < -0.39 is 77.8 Å². The highest BCUT2D eigenvalue weighted by Gasteiger charge is 2.56. The molecule has 12 heteroatoms. The van der Waals surface area contributed by atoms with Gasteiger partial charge in [-0.05, 0) is 101 Å². The summed E-state index contributed by atoms with van der Waals surface area (Å²) >= 11 is 0. The third kappa shape index (κ3) is 11.2. The number of hydrogen-bond donors (Lipinski definition) is 2. The molecule has 1 saturated carbocycles. The standard InChI is InChI=1S/C45H69NO11/c1-11-14-33-20-26(2)19-27(3)21-38(54-9)41-39(55-10)23-30(6)45(52,57-41)42(49)43(50)46-18-13-12-15-34(46)44(51)56-40(31(7)35(47)25-36(33)48)29(5)22-32-17-16-28(4)37(24-32)53-8/h11,20,22,27,30-35,37-41,47,52H,1,4,12-19,21,23-25H2,2-3,5-10H3/b26-20+,29-22+/t27-,30+,31+,32-,33+,34-,35-,37+,38-,39-,40+,41+,45+/m0/s1. The monoisotopic (exact) mass is 799 g/mol. The molecule has 12 nitrogen and oxygen atoms in total. The number of rotatable bonds is 7. The maximum absolute atomic E-state index is 14.3. The topological polar surface area (TPSA) is 158 Å². The van der Waals surface area contributed by atoms with Crippen LogP contribution in [0.2, 0.25) is 0 Å². The number of cyclic esters (lactones) is 1. The zero-order valence-corrected chi connectivity index (χ0v) is 35.6. The molecule has 0 unspecified atom stereocenters. The number of allylic oxidation sites excluding steroid dienone is 4. The number of esters is 1. The number of ether oxygens (including phenoxy) is 5. The van der Waals surface area contributed by atoms with E-state index >= 15 is 0 Å². The highest BCUT2D eigenvalue weighted by atomic mass is 16.7. The maximum atomic E-state index is 14.3. The summed E-state index contributed by atoms with van der Waals surface area (Å²) in [7, 11) is 4.72. The number of ketones is 2. The van der Waals surface area contributed by atoms with Gasteiger partial charge >= 0.3 is 5.97 Å². The molecular formula is C45H69NO11. The molecule has 320 valence electrons. The molecule has 2 bridgehead atoms. The second-order valence-electron chi connectivity index (χ2n) is 17.3. The fourth-order valence-electron chi connectivity index (χ4n) is 9.38. The number of Topliss-reactive ketones (excluding diaryl/α,β-unsaturated/α-hetero) is 2. The lowest BCUT2D eigenvalue weighted by Gasteiger charge is -2.47. The molecule has 0 aromatic carbocycles. The summed E-state index contributed by atoms with van der Waals surface area (Å²) < 4.78 is 30.0. The van der Waals surface area contributed by atoms with Crippen molar-refractivity contribution in [3.63, 3.8) is 0 Å². The molecule has 0 spiro atoms. The van der Waals surface area contributed by atoms with Crippen LogP contribution in [0, 0.1) is 29.6 Å². The molecule has 57 heavy (non-hydrogen) atoms. The smallest absolute Gasteiger partial charge is 0.329 e. The minimum Gasteiger partial charge on any atom is -0.456 e. The Kier molecular flexibility index (Phi) is 17.0. The highest BCUT2D eigenvalue weighted by Crippen LogP contribution is 2.39. The van der Waals surface area contributed by atoms with Crippen LogP contribution in [-0.2, 0) is 42.9 Å². The van der Waals surface area contributed by atoms with Crippen molar-refractivity contribution in [1.29, 1.82) is 0 Å². The number of nitrogens with zero attached hydrogens (tertiary/aromatic N) is 1. The first-order chi connectivity index (χ1) is 27.0. The van der Waals surface area contributed by atoms with Gasteiger partial charge < -0.3 is 38.8 Å². The van der Waals surface area contributed by atoms with Gasteiger partial charge in [0.1, 0.15) is 24.0 Å². The Morgan fingerprint density at radius 2 is 1.68 bits per heavy atom. The Morgan fingerprint density at radius 3 is 2.33 bits per heavy atom. The predicted octanol–water partition coefficient (Wildman–Crippen LogP) is 5.83. The van der Waals surface area contributed by atoms with Crippen molar-refractivity contribution >= 4 is 23.4 Å². The van der Waals surface area contributed by atoms with E-state index in [1.165, 1.54) is 19.1 Å². The van der Waals surface area contributed by atoms with Crippen LogP contribution in [0.15, 0.2) is 48.1 Å². The van der Waals surface area contributed by atoms with Gasteiger partial charge in [0, 0.05) is 52.0 Å². The molecular weight excluding hydrogens is 730 g/mol. The molecule has 13 atom stereocenters. The molecule has 0 radical (unpaired) electrons. The first-order valence-corrected chi connectivity index (χ1v) is 20.9. The highest BCUT2D eigenvalue weighted by molar-refractivity contribution is 6.39. The van der Waals surface area contributed by atoms with Crippen LogP contribution in [-0.4, -0.2) is 115 Å². The SMILES string of the molecule is C=CC[C@@H]1/C=C(\C)C[C@H](C)C[C@H](OC)[C@H]2O[C@@](O)(C(=O)C(=O)N3CCCC[C@H]3C(=O)O[C@H](/C(C)=C/[C@@H]3CCC(=C)[C@H](OC)C3)[C@H](C)[C@@H](O)CC1=O)[C@H](C)C[C@@H]2OC. The van der Waals surface area contributed by atoms with Gasteiger partial charge in [-0.15, -0.1) is 6.58 Å². The number of carbonyl (C=O) groups excluding carboxylic acids is 4. The molecule has 1 aliphatic carbocycles. The van der Waals surface area contributed by atoms with Crippen molar-refractivity contribution in [2.45, 2.75) is 154 Å². The first kappa shape index (κ1) is 46.7. The van der Waals surface area contributed by atoms with Gasteiger partial charge in [0.15, 0.2) is 0 Å². The number of methoxy groups -OCH3 is 3. The van der Waals surface area contributed by atoms with Gasteiger partial charge in [0.05, 0.1) is 24.4 Å². The van der Waals surface area contributed by atoms with Crippen molar-refractivity contribution in [2.75, 3.05) is 27.9 Å². The Balaban J connectivity index is 1.78. The van der Waals surface area contributed by atoms with Crippen LogP contribution in [0.1, 0.15) is 105 Å². The number of amides is 1. The number of carbonyl (C=O) groups is 4. The van der Waals surface area contributed by atoms with E-state index in [2.05, 4.69) is 19.2 Å². The summed E-state index contributed by atoms with van der Waals surface area (Å²) in [6.45, 7) is 17.4. The van der Waals surface area contributed by atoms with E-state index in [-0.39, 0.29) is 49.5 Å². The second-order valence-corrected chi connectivity index (χ2v) is 17.3. The largest absolute Gasteiger partial charge is 0.456 e. The Labute approximate surface area is 340 Å². The molecule has 2 saturated heterocycles. The zero-order valence-electron chi connectivity index (χ0n) is 35.6. The summed E-state index contributed by atoms with van der Waals surface area (Å²) in [5.41, 5.74) is 2.70. The molecule has 3 heterocycles. The molecule has 0 aromatic rings. The summed E-state index contributed by atoms with van der Waals surface area (Å²) in [5, 5.41) is 23.8. The Hall–Kier alpha value is -3.00.